The van der Waals surface area contributed by atoms with Crippen molar-refractivity contribution in [1.82, 2.24) is 10.3 Å². The maximum atomic E-state index is 12.5. The van der Waals surface area contributed by atoms with Gasteiger partial charge in [-0.05, 0) is 50.7 Å². The van der Waals surface area contributed by atoms with Gasteiger partial charge in [0.05, 0.1) is 11.1 Å². The SMILES string of the molecule is CCOCCCNC(=O)c1cccc2c3c([nH]c12)CCCCC3. The fraction of sp³-hybridized carbons (Fsp3) is 0.526. The number of aryl methyl sites for hydroxylation is 2. The highest BCUT2D eigenvalue weighted by Gasteiger charge is 2.18. The van der Waals surface area contributed by atoms with E-state index in [4.69, 9.17) is 4.74 Å². The molecule has 0 saturated carbocycles. The molecule has 0 atom stereocenters. The lowest BCUT2D eigenvalue weighted by molar-refractivity contribution is 0.0945. The van der Waals surface area contributed by atoms with Crippen LogP contribution in [0.25, 0.3) is 10.9 Å². The van der Waals surface area contributed by atoms with Gasteiger partial charge in [-0.1, -0.05) is 18.6 Å². The molecule has 0 radical (unpaired) electrons. The molecule has 2 N–H and O–H groups in total. The summed E-state index contributed by atoms with van der Waals surface area (Å²) >= 11 is 0. The molecule has 0 bridgehead atoms. The smallest absolute Gasteiger partial charge is 0.253 e. The number of ether oxygens (including phenoxy) is 1. The van der Waals surface area contributed by atoms with Gasteiger partial charge in [-0.2, -0.15) is 0 Å². The molecule has 0 aliphatic heterocycles. The van der Waals surface area contributed by atoms with Crippen molar-refractivity contribution in [2.45, 2.75) is 45.4 Å². The predicted octanol–water partition coefficient (Wildman–Crippen LogP) is 3.59. The highest BCUT2D eigenvalue weighted by Crippen LogP contribution is 2.30. The molecule has 0 saturated heterocycles. The Kier molecular flexibility index (Phi) is 5.34. The summed E-state index contributed by atoms with van der Waals surface area (Å²) < 4.78 is 5.30. The maximum Gasteiger partial charge on any atom is 0.253 e. The van der Waals surface area contributed by atoms with Crippen LogP contribution in [0.5, 0.6) is 0 Å². The van der Waals surface area contributed by atoms with Crippen LogP contribution in [0.2, 0.25) is 0 Å². The maximum absolute atomic E-state index is 12.5. The summed E-state index contributed by atoms with van der Waals surface area (Å²) in [7, 11) is 0. The number of para-hydroxylation sites is 1. The van der Waals surface area contributed by atoms with Crippen LogP contribution in [-0.4, -0.2) is 30.6 Å². The fourth-order valence-corrected chi connectivity index (χ4v) is 3.41. The molecule has 124 valence electrons. The Morgan fingerprint density at radius 1 is 1.26 bits per heavy atom. The van der Waals surface area contributed by atoms with E-state index >= 15 is 0 Å². The molecule has 0 spiro atoms. The number of carbonyl (C=O) groups excluding carboxylic acids is 1. The number of hydrogen-bond donors (Lipinski definition) is 2. The first-order valence-electron chi connectivity index (χ1n) is 8.79. The summed E-state index contributed by atoms with van der Waals surface area (Å²) in [4.78, 5) is 16.0. The van der Waals surface area contributed by atoms with Crippen molar-refractivity contribution >= 4 is 16.8 Å². The summed E-state index contributed by atoms with van der Waals surface area (Å²) in [6.07, 6.45) is 6.83. The van der Waals surface area contributed by atoms with Crippen LogP contribution in [0.1, 0.15) is 54.2 Å². The number of aromatic amines is 1. The minimum absolute atomic E-state index is 0.00325. The fourth-order valence-electron chi connectivity index (χ4n) is 3.41. The number of rotatable bonds is 6. The van der Waals surface area contributed by atoms with E-state index in [0.717, 1.165) is 36.9 Å². The molecule has 1 aliphatic carbocycles. The van der Waals surface area contributed by atoms with Crippen LogP contribution in [0.3, 0.4) is 0 Å². The second kappa shape index (κ2) is 7.64. The standard InChI is InChI=1S/C19H26N2O2/c1-2-23-13-7-12-20-19(22)16-10-6-9-15-14-8-4-3-5-11-17(14)21-18(15)16/h6,9-10,21H,2-5,7-8,11-13H2,1H3,(H,20,22). The van der Waals surface area contributed by atoms with Gasteiger partial charge < -0.3 is 15.0 Å². The number of amides is 1. The Morgan fingerprint density at radius 2 is 2.13 bits per heavy atom. The average molecular weight is 314 g/mol. The lowest BCUT2D eigenvalue weighted by atomic mass is 10.0. The first-order valence-corrected chi connectivity index (χ1v) is 8.79. The third-order valence-corrected chi connectivity index (χ3v) is 4.58. The van der Waals surface area contributed by atoms with Crippen molar-refractivity contribution in [2.24, 2.45) is 0 Å². The van der Waals surface area contributed by atoms with Crippen molar-refractivity contribution < 1.29 is 9.53 Å². The minimum Gasteiger partial charge on any atom is -0.382 e. The Morgan fingerprint density at radius 3 is 3.00 bits per heavy atom. The van der Waals surface area contributed by atoms with Gasteiger partial charge in [0.25, 0.3) is 5.91 Å². The number of benzene rings is 1. The van der Waals surface area contributed by atoms with Crippen LogP contribution >= 0.6 is 0 Å². The molecule has 3 rings (SSSR count). The first-order chi connectivity index (χ1) is 11.3. The summed E-state index contributed by atoms with van der Waals surface area (Å²) in [6, 6.07) is 6.05. The van der Waals surface area contributed by atoms with Crippen molar-refractivity contribution in [3.63, 3.8) is 0 Å². The highest BCUT2D eigenvalue weighted by atomic mass is 16.5. The molecule has 2 aromatic rings. The van der Waals surface area contributed by atoms with E-state index < -0.39 is 0 Å². The van der Waals surface area contributed by atoms with Crippen molar-refractivity contribution in [1.29, 1.82) is 0 Å². The summed E-state index contributed by atoms with van der Waals surface area (Å²) in [5, 5.41) is 4.23. The summed E-state index contributed by atoms with van der Waals surface area (Å²) in [5.74, 6) is 0.00325. The van der Waals surface area contributed by atoms with E-state index in [1.165, 1.54) is 35.9 Å². The van der Waals surface area contributed by atoms with Crippen LogP contribution in [-0.2, 0) is 17.6 Å². The summed E-state index contributed by atoms with van der Waals surface area (Å²) in [6.45, 7) is 4.04. The zero-order valence-electron chi connectivity index (χ0n) is 13.9. The van der Waals surface area contributed by atoms with Crippen molar-refractivity contribution in [3.05, 3.63) is 35.0 Å². The van der Waals surface area contributed by atoms with Crippen LogP contribution in [0.4, 0.5) is 0 Å². The van der Waals surface area contributed by atoms with Crippen LogP contribution in [0.15, 0.2) is 18.2 Å². The molecule has 0 unspecified atom stereocenters. The molecular formula is C19H26N2O2. The molecule has 1 heterocycles. The van der Waals surface area contributed by atoms with Crippen molar-refractivity contribution in [3.8, 4) is 0 Å². The van der Waals surface area contributed by atoms with E-state index in [9.17, 15) is 4.79 Å². The van der Waals surface area contributed by atoms with E-state index in [-0.39, 0.29) is 5.91 Å². The molecule has 1 amide bonds. The normalized spacial score (nSPS) is 14.5. The third kappa shape index (κ3) is 3.58. The second-order valence-electron chi connectivity index (χ2n) is 6.18. The number of nitrogens with one attached hydrogen (secondary N) is 2. The zero-order valence-corrected chi connectivity index (χ0v) is 13.9. The molecule has 23 heavy (non-hydrogen) atoms. The molecule has 0 fully saturated rings. The topological polar surface area (TPSA) is 54.1 Å². The number of fused-ring (bicyclic) bond motifs is 3. The Labute approximate surface area is 137 Å². The lowest BCUT2D eigenvalue weighted by Crippen LogP contribution is -2.25. The van der Waals surface area contributed by atoms with E-state index in [1.54, 1.807) is 0 Å². The van der Waals surface area contributed by atoms with E-state index in [1.807, 2.05) is 19.1 Å². The number of aromatic nitrogens is 1. The Bertz CT molecular complexity index is 675. The lowest BCUT2D eigenvalue weighted by Gasteiger charge is -2.07. The predicted molar refractivity (Wildman–Crippen MR) is 93.0 cm³/mol. The average Bonchev–Trinajstić information content (AvgIpc) is 2.76. The van der Waals surface area contributed by atoms with Gasteiger partial charge in [-0.25, -0.2) is 0 Å². The minimum atomic E-state index is 0.00325. The quantitative estimate of drug-likeness (QED) is 0.632. The number of carbonyl (C=O) groups is 1. The van der Waals surface area contributed by atoms with Gasteiger partial charge in [0.1, 0.15) is 0 Å². The molecule has 1 aromatic heterocycles. The summed E-state index contributed by atoms with van der Waals surface area (Å²) in [5.41, 5.74) is 4.51. The van der Waals surface area contributed by atoms with Gasteiger partial charge in [-0.3, -0.25) is 4.79 Å². The third-order valence-electron chi connectivity index (χ3n) is 4.58. The first kappa shape index (κ1) is 16.1. The van der Waals surface area contributed by atoms with Crippen molar-refractivity contribution in [2.75, 3.05) is 19.8 Å². The van der Waals surface area contributed by atoms with E-state index in [0.29, 0.717) is 13.2 Å². The molecular weight excluding hydrogens is 288 g/mol. The zero-order chi connectivity index (χ0) is 16.1. The van der Waals surface area contributed by atoms with Gasteiger partial charge in [0.2, 0.25) is 0 Å². The van der Waals surface area contributed by atoms with Gasteiger partial charge in [0.15, 0.2) is 0 Å². The van der Waals surface area contributed by atoms with Gasteiger partial charge in [-0.15, -0.1) is 0 Å². The van der Waals surface area contributed by atoms with Gasteiger partial charge >= 0.3 is 0 Å². The van der Waals surface area contributed by atoms with Crippen LogP contribution in [0, 0.1) is 0 Å². The monoisotopic (exact) mass is 314 g/mol. The molecule has 1 aliphatic rings. The van der Waals surface area contributed by atoms with Gasteiger partial charge in [0, 0.05) is 30.8 Å². The van der Waals surface area contributed by atoms with Crippen LogP contribution < -0.4 is 5.32 Å². The number of hydrogen-bond acceptors (Lipinski definition) is 2. The largest absolute Gasteiger partial charge is 0.382 e. The molecule has 1 aromatic carbocycles. The second-order valence-corrected chi connectivity index (χ2v) is 6.18. The van der Waals surface area contributed by atoms with E-state index in [2.05, 4.69) is 16.4 Å². The Hall–Kier alpha value is -1.81. The Balaban J connectivity index is 1.77. The highest BCUT2D eigenvalue weighted by molar-refractivity contribution is 6.06. The molecule has 4 nitrogen and oxygen atoms in total. The molecule has 4 heteroatoms. The number of H-pyrrole nitrogens is 1.